The number of esters is 1. The molecule has 4 rings (SSSR count). The molecule has 8 heteroatoms. The molecule has 2 aromatic carbocycles. The van der Waals surface area contributed by atoms with E-state index in [1.165, 1.54) is 5.56 Å². The third kappa shape index (κ3) is 4.55. The molecule has 0 aliphatic carbocycles. The minimum absolute atomic E-state index is 0.128. The van der Waals surface area contributed by atoms with E-state index in [9.17, 15) is 4.79 Å². The number of carbonyl (C=O) groups is 1. The average molecular weight is 449 g/mol. The summed E-state index contributed by atoms with van der Waals surface area (Å²) >= 11 is 1.54. The summed E-state index contributed by atoms with van der Waals surface area (Å²) < 4.78 is 12.5. The first kappa shape index (κ1) is 21.7. The van der Waals surface area contributed by atoms with E-state index in [1.54, 1.807) is 29.6 Å². The molecule has 0 fully saturated rings. The van der Waals surface area contributed by atoms with Crippen LogP contribution < -0.4 is 10.1 Å². The van der Waals surface area contributed by atoms with Crippen LogP contribution in [-0.4, -0.2) is 34.5 Å². The fourth-order valence-corrected chi connectivity index (χ4v) is 4.30. The zero-order chi connectivity index (χ0) is 22.5. The second-order valence-corrected chi connectivity index (χ2v) is 8.11. The van der Waals surface area contributed by atoms with Gasteiger partial charge in [0.1, 0.15) is 18.4 Å². The number of carbonyl (C=O) groups excluding carboxylic acids is 1. The Hall–Kier alpha value is -3.52. The number of benzene rings is 2. The molecule has 1 aliphatic rings. The summed E-state index contributed by atoms with van der Waals surface area (Å²) in [5.41, 5.74) is 3.18. The van der Waals surface area contributed by atoms with E-state index in [-0.39, 0.29) is 6.61 Å². The first-order chi connectivity index (χ1) is 15.6. The van der Waals surface area contributed by atoms with E-state index in [0.29, 0.717) is 28.1 Å². The fraction of sp³-hybridized carbons (Fsp3) is 0.208. The monoisotopic (exact) mass is 448 g/mol. The van der Waals surface area contributed by atoms with Gasteiger partial charge in [0.25, 0.3) is 0 Å². The van der Waals surface area contributed by atoms with E-state index < -0.39 is 12.0 Å². The Morgan fingerprint density at radius 2 is 2.06 bits per heavy atom. The van der Waals surface area contributed by atoms with E-state index in [4.69, 9.17) is 14.6 Å². The van der Waals surface area contributed by atoms with Crippen molar-refractivity contribution in [2.75, 3.05) is 19.0 Å². The van der Waals surface area contributed by atoms with Gasteiger partial charge >= 0.3 is 5.97 Å². The van der Waals surface area contributed by atoms with E-state index in [1.807, 2.05) is 49.4 Å². The van der Waals surface area contributed by atoms with Crippen molar-refractivity contribution in [3.05, 3.63) is 89.6 Å². The van der Waals surface area contributed by atoms with Crippen molar-refractivity contribution in [3.63, 3.8) is 0 Å². The fourth-order valence-electron chi connectivity index (χ4n) is 3.51. The zero-order valence-electron chi connectivity index (χ0n) is 17.9. The van der Waals surface area contributed by atoms with Crippen molar-refractivity contribution in [3.8, 4) is 5.75 Å². The molecule has 0 radical (unpaired) electrons. The van der Waals surface area contributed by atoms with Gasteiger partial charge in [0.15, 0.2) is 0 Å². The lowest BCUT2D eigenvalue weighted by molar-refractivity contribution is -0.138. The number of aromatic nitrogens is 3. The molecule has 1 atom stereocenters. The molecule has 0 amide bonds. The van der Waals surface area contributed by atoms with E-state index in [2.05, 4.69) is 29.0 Å². The lowest BCUT2D eigenvalue weighted by Gasteiger charge is -2.28. The Bertz CT molecular complexity index is 1160. The van der Waals surface area contributed by atoms with Crippen LogP contribution in [-0.2, 0) is 15.3 Å². The number of hydrogen-bond acceptors (Lipinski definition) is 7. The van der Waals surface area contributed by atoms with Gasteiger partial charge in [-0.1, -0.05) is 66.9 Å². The lowest BCUT2D eigenvalue weighted by atomic mass is 9.95. The highest BCUT2D eigenvalue weighted by molar-refractivity contribution is 7.98. The van der Waals surface area contributed by atoms with Crippen LogP contribution in [0.25, 0.3) is 0 Å². The summed E-state index contributed by atoms with van der Waals surface area (Å²) in [4.78, 5) is 17.6. The van der Waals surface area contributed by atoms with Crippen LogP contribution in [0.2, 0.25) is 0 Å². The molecule has 0 spiro atoms. The molecule has 0 bridgehead atoms. The number of rotatable bonds is 8. The molecule has 3 aromatic rings. The predicted molar refractivity (Wildman–Crippen MR) is 125 cm³/mol. The maximum Gasteiger partial charge on any atom is 0.338 e. The summed E-state index contributed by atoms with van der Waals surface area (Å²) in [6, 6.07) is 17.2. The number of fused-ring (bicyclic) bond motifs is 1. The number of thioether (sulfide) groups is 1. The van der Waals surface area contributed by atoms with Crippen molar-refractivity contribution < 1.29 is 14.3 Å². The number of methoxy groups -OCH3 is 1. The van der Waals surface area contributed by atoms with Crippen molar-refractivity contribution in [1.82, 2.24) is 14.8 Å². The SMILES string of the molecule is C=CCOC(=O)C1=C(C)Nc2nc(SCc3ccccc3)nn2C1c1cccc(OC)c1. The van der Waals surface area contributed by atoms with Crippen LogP contribution in [0.3, 0.4) is 0 Å². The molecular formula is C24H24N4O3S. The average Bonchev–Trinajstić information content (AvgIpc) is 3.23. The topological polar surface area (TPSA) is 78.3 Å². The van der Waals surface area contributed by atoms with Crippen LogP contribution in [0, 0.1) is 0 Å². The summed E-state index contributed by atoms with van der Waals surface area (Å²) in [6.45, 7) is 5.59. The number of anilines is 1. The third-order valence-corrected chi connectivity index (χ3v) is 5.91. The molecule has 164 valence electrons. The normalized spacial score (nSPS) is 15.0. The minimum Gasteiger partial charge on any atom is -0.497 e. The maximum atomic E-state index is 13.0. The van der Waals surface area contributed by atoms with Crippen molar-refractivity contribution in [2.24, 2.45) is 0 Å². The predicted octanol–water partition coefficient (Wildman–Crippen LogP) is 4.60. The molecule has 1 aromatic heterocycles. The molecule has 1 unspecified atom stereocenters. The molecule has 1 N–H and O–H groups in total. The van der Waals surface area contributed by atoms with Gasteiger partial charge in [-0.3, -0.25) is 0 Å². The Morgan fingerprint density at radius 1 is 1.25 bits per heavy atom. The van der Waals surface area contributed by atoms with Crippen molar-refractivity contribution in [1.29, 1.82) is 0 Å². The van der Waals surface area contributed by atoms with Crippen LogP contribution in [0.4, 0.5) is 5.95 Å². The summed E-state index contributed by atoms with van der Waals surface area (Å²) in [5, 5.41) is 8.56. The largest absolute Gasteiger partial charge is 0.497 e. The van der Waals surface area contributed by atoms with Gasteiger partial charge < -0.3 is 14.8 Å². The second kappa shape index (κ2) is 9.74. The first-order valence-corrected chi connectivity index (χ1v) is 11.1. The Balaban J connectivity index is 1.71. The van der Waals surface area contributed by atoms with Crippen LogP contribution >= 0.6 is 11.8 Å². The quantitative estimate of drug-likeness (QED) is 0.307. The number of allylic oxidation sites excluding steroid dienone is 1. The molecule has 0 saturated carbocycles. The standard InChI is InChI=1S/C24H24N4O3S/c1-4-13-31-22(29)20-16(2)25-23-26-24(32-15-17-9-6-5-7-10-17)27-28(23)21(20)18-11-8-12-19(14-18)30-3/h4-12,14,21H,1,13,15H2,2-3H3,(H,25,26,27). The van der Waals surface area contributed by atoms with Crippen LogP contribution in [0.1, 0.15) is 24.1 Å². The molecule has 32 heavy (non-hydrogen) atoms. The van der Waals surface area contributed by atoms with Gasteiger partial charge in [0.05, 0.1) is 12.7 Å². The van der Waals surface area contributed by atoms with Gasteiger partial charge in [-0.25, -0.2) is 9.48 Å². The Morgan fingerprint density at radius 3 is 2.81 bits per heavy atom. The molecular weight excluding hydrogens is 424 g/mol. The first-order valence-electron chi connectivity index (χ1n) is 10.1. The van der Waals surface area contributed by atoms with Crippen LogP contribution in [0.15, 0.2) is 83.7 Å². The van der Waals surface area contributed by atoms with Crippen molar-refractivity contribution in [2.45, 2.75) is 23.9 Å². The van der Waals surface area contributed by atoms with Gasteiger partial charge in [-0.15, -0.1) is 5.10 Å². The number of nitrogens with one attached hydrogen (secondary N) is 1. The summed E-state index contributed by atoms with van der Waals surface area (Å²) in [7, 11) is 1.61. The van der Waals surface area contributed by atoms with Crippen molar-refractivity contribution >= 4 is 23.7 Å². The summed E-state index contributed by atoms with van der Waals surface area (Å²) in [5.74, 6) is 1.58. The van der Waals surface area contributed by atoms with Crippen LogP contribution in [0.5, 0.6) is 5.75 Å². The molecule has 1 aliphatic heterocycles. The summed E-state index contributed by atoms with van der Waals surface area (Å²) in [6.07, 6.45) is 1.55. The smallest absolute Gasteiger partial charge is 0.338 e. The van der Waals surface area contributed by atoms with E-state index in [0.717, 1.165) is 11.3 Å². The van der Waals surface area contributed by atoms with E-state index >= 15 is 0 Å². The third-order valence-electron chi connectivity index (χ3n) is 5.01. The molecule has 7 nitrogen and oxygen atoms in total. The minimum atomic E-state index is -0.503. The maximum absolute atomic E-state index is 13.0. The highest BCUT2D eigenvalue weighted by atomic mass is 32.2. The van der Waals surface area contributed by atoms with Gasteiger partial charge in [0.2, 0.25) is 11.1 Å². The lowest BCUT2D eigenvalue weighted by Crippen LogP contribution is -2.29. The second-order valence-electron chi connectivity index (χ2n) is 7.17. The van der Waals surface area contributed by atoms with Gasteiger partial charge in [-0.05, 0) is 30.2 Å². The Kier molecular flexibility index (Phi) is 6.61. The number of ether oxygens (including phenoxy) is 2. The Labute approximate surface area is 191 Å². The highest BCUT2D eigenvalue weighted by Crippen LogP contribution is 2.37. The number of nitrogens with zero attached hydrogens (tertiary/aromatic N) is 3. The zero-order valence-corrected chi connectivity index (χ0v) is 18.8. The van der Waals surface area contributed by atoms with Gasteiger partial charge in [-0.2, -0.15) is 4.98 Å². The molecule has 2 heterocycles. The molecule has 0 saturated heterocycles. The number of hydrogen-bond donors (Lipinski definition) is 1. The van der Waals surface area contributed by atoms with Gasteiger partial charge in [0, 0.05) is 11.4 Å². The highest BCUT2D eigenvalue weighted by Gasteiger charge is 2.35.